The Morgan fingerprint density at radius 2 is 1.77 bits per heavy atom. The van der Waals surface area contributed by atoms with E-state index in [-0.39, 0.29) is 17.2 Å². The molecule has 1 N–H and O–H groups in total. The molecule has 2 aliphatic rings. The molecule has 0 bridgehead atoms. The van der Waals surface area contributed by atoms with Crippen molar-refractivity contribution in [1.82, 2.24) is 20.0 Å². The number of aromatic nitrogens is 2. The lowest BCUT2D eigenvalue weighted by atomic mass is 9.75. The zero-order valence-corrected chi connectivity index (χ0v) is 18.1. The lowest BCUT2D eigenvalue weighted by Crippen LogP contribution is -2.49. The van der Waals surface area contributed by atoms with Crippen molar-refractivity contribution < 1.29 is 19.1 Å². The highest BCUT2D eigenvalue weighted by Crippen LogP contribution is 2.37. The number of nitrogens with one attached hydrogen (secondary N) is 1. The van der Waals surface area contributed by atoms with E-state index in [1.54, 1.807) is 24.4 Å². The third kappa shape index (κ3) is 5.37. The van der Waals surface area contributed by atoms with Gasteiger partial charge in [0.25, 0.3) is 5.91 Å². The van der Waals surface area contributed by atoms with E-state index in [0.717, 1.165) is 5.75 Å². The quantitative estimate of drug-likeness (QED) is 0.737. The molecule has 0 atom stereocenters. The Hall–Kier alpha value is -2.58. The number of hydrogen-bond donors (Lipinski definition) is 1. The number of rotatable bonds is 6. The molecule has 8 nitrogen and oxygen atoms in total. The maximum atomic E-state index is 13.0. The average molecular weight is 447 g/mol. The van der Waals surface area contributed by atoms with Gasteiger partial charge in [-0.1, -0.05) is 11.6 Å². The van der Waals surface area contributed by atoms with Gasteiger partial charge in [-0.05, 0) is 43.2 Å². The van der Waals surface area contributed by atoms with Crippen LogP contribution < -0.4 is 4.74 Å². The molecule has 2 aliphatic heterocycles. The van der Waals surface area contributed by atoms with Crippen molar-refractivity contribution in [3.05, 3.63) is 47.2 Å². The Bertz CT molecular complexity index is 873. The lowest BCUT2D eigenvalue weighted by molar-refractivity contribution is -0.139. The molecule has 0 radical (unpaired) electrons. The molecule has 0 unspecified atom stereocenters. The van der Waals surface area contributed by atoms with E-state index in [0.29, 0.717) is 76.0 Å². The van der Waals surface area contributed by atoms with E-state index in [1.807, 2.05) is 21.9 Å². The zero-order valence-electron chi connectivity index (χ0n) is 17.4. The minimum atomic E-state index is -0.334. The fraction of sp³-hybridized carbons (Fsp3) is 0.500. The van der Waals surface area contributed by atoms with Crippen LogP contribution in [0.2, 0.25) is 5.02 Å². The Morgan fingerprint density at radius 1 is 1.06 bits per heavy atom. The number of morpholine rings is 1. The van der Waals surface area contributed by atoms with Gasteiger partial charge in [-0.3, -0.25) is 14.7 Å². The van der Waals surface area contributed by atoms with Crippen molar-refractivity contribution in [1.29, 1.82) is 0 Å². The van der Waals surface area contributed by atoms with Crippen LogP contribution in [0.5, 0.6) is 5.75 Å². The number of likely N-dealkylation sites (tertiary alicyclic amines) is 1. The van der Waals surface area contributed by atoms with Crippen LogP contribution in [0.3, 0.4) is 0 Å². The topological polar surface area (TPSA) is 87.8 Å². The first-order valence-corrected chi connectivity index (χ1v) is 11.0. The van der Waals surface area contributed by atoms with Crippen LogP contribution in [0.1, 0.15) is 29.8 Å². The Balaban J connectivity index is 1.44. The van der Waals surface area contributed by atoms with Gasteiger partial charge in [0.05, 0.1) is 19.8 Å². The number of amides is 2. The minimum Gasteiger partial charge on any atom is -0.493 e. The number of halogens is 1. The molecule has 31 heavy (non-hydrogen) atoms. The molecule has 1 aromatic heterocycles. The first-order chi connectivity index (χ1) is 15.0. The fourth-order valence-electron chi connectivity index (χ4n) is 4.11. The van der Waals surface area contributed by atoms with Crippen molar-refractivity contribution in [2.75, 3.05) is 46.0 Å². The summed E-state index contributed by atoms with van der Waals surface area (Å²) in [5.74, 6) is 0.777. The van der Waals surface area contributed by atoms with E-state index in [2.05, 4.69) is 10.2 Å². The molecular weight excluding hydrogens is 420 g/mol. The molecule has 2 aromatic rings. The monoisotopic (exact) mass is 446 g/mol. The summed E-state index contributed by atoms with van der Waals surface area (Å²) >= 11 is 5.97. The first kappa shape index (κ1) is 21.6. The normalized spacial score (nSPS) is 18.6. The van der Waals surface area contributed by atoms with Gasteiger partial charge in [0, 0.05) is 49.2 Å². The van der Waals surface area contributed by atoms with Crippen molar-refractivity contribution >= 4 is 23.4 Å². The molecule has 2 saturated heterocycles. The van der Waals surface area contributed by atoms with Crippen molar-refractivity contribution in [2.45, 2.75) is 19.3 Å². The van der Waals surface area contributed by atoms with E-state index in [4.69, 9.17) is 21.1 Å². The van der Waals surface area contributed by atoms with Crippen LogP contribution in [-0.4, -0.2) is 77.8 Å². The van der Waals surface area contributed by atoms with Gasteiger partial charge in [-0.15, -0.1) is 0 Å². The van der Waals surface area contributed by atoms with Crippen molar-refractivity contribution in [3.63, 3.8) is 0 Å². The maximum Gasteiger partial charge on any atom is 0.271 e. The van der Waals surface area contributed by atoms with Gasteiger partial charge < -0.3 is 19.3 Å². The number of benzene rings is 1. The lowest BCUT2D eigenvalue weighted by Gasteiger charge is -2.42. The highest BCUT2D eigenvalue weighted by Gasteiger charge is 2.40. The first-order valence-electron chi connectivity index (χ1n) is 10.6. The van der Waals surface area contributed by atoms with Gasteiger partial charge in [-0.25, -0.2) is 0 Å². The van der Waals surface area contributed by atoms with E-state index in [9.17, 15) is 9.59 Å². The molecule has 0 aliphatic carbocycles. The van der Waals surface area contributed by atoms with Crippen LogP contribution in [-0.2, 0) is 9.53 Å². The molecule has 9 heteroatoms. The number of hydrogen-bond acceptors (Lipinski definition) is 5. The molecule has 0 saturated carbocycles. The molecule has 1 aromatic carbocycles. The van der Waals surface area contributed by atoms with Crippen LogP contribution in [0, 0.1) is 5.41 Å². The number of carbonyl (C=O) groups is 2. The smallest absolute Gasteiger partial charge is 0.271 e. The predicted octanol–water partition coefficient (Wildman–Crippen LogP) is 2.61. The highest BCUT2D eigenvalue weighted by molar-refractivity contribution is 6.30. The van der Waals surface area contributed by atoms with E-state index in [1.165, 1.54) is 0 Å². The Labute approximate surface area is 186 Å². The van der Waals surface area contributed by atoms with Gasteiger partial charge >= 0.3 is 0 Å². The second-order valence-electron chi connectivity index (χ2n) is 8.18. The van der Waals surface area contributed by atoms with Gasteiger partial charge in [-0.2, -0.15) is 5.10 Å². The molecule has 2 fully saturated rings. The standard InChI is InChI=1S/C22H27ClN4O4/c23-17-1-3-18(4-2-17)31-16-22(15-20(28)26-11-13-30-14-12-26)6-9-27(10-7-22)21(29)19-5-8-24-25-19/h1-5,8H,6-7,9-16H2,(H,24,25). The average Bonchev–Trinajstić information content (AvgIpc) is 3.34. The van der Waals surface area contributed by atoms with Crippen molar-refractivity contribution in [2.24, 2.45) is 5.41 Å². The van der Waals surface area contributed by atoms with E-state index < -0.39 is 0 Å². The van der Waals surface area contributed by atoms with Crippen LogP contribution >= 0.6 is 11.6 Å². The summed E-state index contributed by atoms with van der Waals surface area (Å²) in [5, 5.41) is 7.25. The summed E-state index contributed by atoms with van der Waals surface area (Å²) in [6.07, 6.45) is 3.35. The summed E-state index contributed by atoms with van der Waals surface area (Å²) in [4.78, 5) is 29.4. The van der Waals surface area contributed by atoms with Crippen LogP contribution in [0.15, 0.2) is 36.5 Å². The number of carbonyl (C=O) groups excluding carboxylic acids is 2. The third-order valence-electron chi connectivity index (χ3n) is 6.09. The number of ether oxygens (including phenoxy) is 2. The number of nitrogens with zero attached hydrogens (tertiary/aromatic N) is 3. The molecule has 3 heterocycles. The van der Waals surface area contributed by atoms with Crippen LogP contribution in [0.4, 0.5) is 0 Å². The molecular formula is C22H27ClN4O4. The summed E-state index contributed by atoms with van der Waals surface area (Å²) in [6, 6.07) is 8.91. The summed E-state index contributed by atoms with van der Waals surface area (Å²) in [5.41, 5.74) is 0.147. The van der Waals surface area contributed by atoms with Gasteiger partial charge in [0.1, 0.15) is 11.4 Å². The molecule has 0 spiro atoms. The van der Waals surface area contributed by atoms with Gasteiger partial charge in [0.15, 0.2) is 0 Å². The van der Waals surface area contributed by atoms with Crippen molar-refractivity contribution in [3.8, 4) is 5.75 Å². The summed E-state index contributed by atoms with van der Waals surface area (Å²) in [6.45, 7) is 3.95. The summed E-state index contributed by atoms with van der Waals surface area (Å²) < 4.78 is 11.5. The second kappa shape index (κ2) is 9.70. The zero-order chi connectivity index (χ0) is 21.7. The number of H-pyrrole nitrogens is 1. The predicted molar refractivity (Wildman–Crippen MR) is 115 cm³/mol. The summed E-state index contributed by atoms with van der Waals surface area (Å²) in [7, 11) is 0. The maximum absolute atomic E-state index is 13.0. The third-order valence-corrected chi connectivity index (χ3v) is 6.34. The Kier molecular flexibility index (Phi) is 6.77. The van der Waals surface area contributed by atoms with E-state index >= 15 is 0 Å². The van der Waals surface area contributed by atoms with Crippen LogP contribution in [0.25, 0.3) is 0 Å². The Morgan fingerprint density at radius 3 is 2.42 bits per heavy atom. The SMILES string of the molecule is O=C(CC1(COc2ccc(Cl)cc2)CCN(C(=O)c2ccn[nH]2)CC1)N1CCOCC1. The largest absolute Gasteiger partial charge is 0.493 e. The molecule has 4 rings (SSSR count). The highest BCUT2D eigenvalue weighted by atomic mass is 35.5. The second-order valence-corrected chi connectivity index (χ2v) is 8.61. The number of piperidine rings is 1. The number of aromatic amines is 1. The fourth-order valence-corrected chi connectivity index (χ4v) is 4.24. The molecule has 2 amide bonds. The van der Waals surface area contributed by atoms with Gasteiger partial charge in [0.2, 0.25) is 5.91 Å². The minimum absolute atomic E-state index is 0.0655. The molecule has 166 valence electrons.